The van der Waals surface area contributed by atoms with Crippen molar-refractivity contribution in [2.75, 3.05) is 5.75 Å². The quantitative estimate of drug-likeness (QED) is 0.849. The lowest BCUT2D eigenvalue weighted by molar-refractivity contribution is -0.151. The van der Waals surface area contributed by atoms with E-state index in [4.69, 9.17) is 4.74 Å². The average Bonchev–Trinajstić information content (AvgIpc) is 2.80. The van der Waals surface area contributed by atoms with Crippen molar-refractivity contribution in [1.29, 1.82) is 0 Å². The molecule has 1 unspecified atom stereocenters. The van der Waals surface area contributed by atoms with E-state index in [0.717, 1.165) is 17.3 Å². The number of amides is 1. The lowest BCUT2D eigenvalue weighted by atomic mass is 9.99. The van der Waals surface area contributed by atoms with E-state index in [1.165, 1.54) is 0 Å². The van der Waals surface area contributed by atoms with Gasteiger partial charge in [-0.05, 0) is 12.0 Å². The van der Waals surface area contributed by atoms with Crippen LogP contribution in [0.1, 0.15) is 18.9 Å². The molecule has 1 aliphatic rings. The normalized spacial score (nSPS) is 22.6. The second kappa shape index (κ2) is 5.44. The monoisotopic (exact) mass is 265 g/mol. The number of esters is 1. The molecule has 1 fully saturated rings. The minimum Gasteiger partial charge on any atom is -0.459 e. The summed E-state index contributed by atoms with van der Waals surface area (Å²) in [6, 6.07) is 9.49. The van der Waals surface area contributed by atoms with Gasteiger partial charge in [-0.1, -0.05) is 49.0 Å². The average molecular weight is 265 g/mol. The molecule has 0 saturated carbocycles. The van der Waals surface area contributed by atoms with Gasteiger partial charge in [0.2, 0.25) is 0 Å². The number of ether oxygens (including phenoxy) is 1. The summed E-state index contributed by atoms with van der Waals surface area (Å²) in [6.45, 7) is 2.11. The van der Waals surface area contributed by atoms with Crippen LogP contribution in [-0.2, 0) is 16.1 Å². The van der Waals surface area contributed by atoms with Crippen molar-refractivity contribution < 1.29 is 14.3 Å². The molecular formula is C13H15NO3S. The van der Waals surface area contributed by atoms with Crippen molar-refractivity contribution in [3.8, 4) is 0 Å². The van der Waals surface area contributed by atoms with Gasteiger partial charge in [-0.15, -0.1) is 0 Å². The molecule has 1 N–H and O–H groups in total. The third-order valence-corrected chi connectivity index (χ3v) is 4.00. The van der Waals surface area contributed by atoms with E-state index in [-0.39, 0.29) is 17.8 Å². The Bertz CT molecular complexity index is 449. The largest absolute Gasteiger partial charge is 0.459 e. The highest BCUT2D eigenvalue weighted by molar-refractivity contribution is 8.14. The van der Waals surface area contributed by atoms with E-state index in [1.807, 2.05) is 37.3 Å². The zero-order chi connectivity index (χ0) is 13.0. The van der Waals surface area contributed by atoms with Gasteiger partial charge in [-0.25, -0.2) is 4.79 Å². The molecule has 4 nitrogen and oxygen atoms in total. The molecule has 96 valence electrons. The molecule has 1 aromatic rings. The van der Waals surface area contributed by atoms with Crippen molar-refractivity contribution in [2.24, 2.45) is 0 Å². The molecule has 0 bridgehead atoms. The Morgan fingerprint density at radius 2 is 2.17 bits per heavy atom. The number of carbonyl (C=O) groups excluding carboxylic acids is 2. The maximum Gasteiger partial charge on any atom is 0.333 e. The highest BCUT2D eigenvalue weighted by atomic mass is 32.2. The zero-order valence-electron chi connectivity index (χ0n) is 10.1. The molecule has 1 aromatic carbocycles. The van der Waals surface area contributed by atoms with Gasteiger partial charge in [-0.3, -0.25) is 4.79 Å². The van der Waals surface area contributed by atoms with Gasteiger partial charge >= 0.3 is 5.97 Å². The van der Waals surface area contributed by atoms with Crippen LogP contribution in [0, 0.1) is 0 Å². The first kappa shape index (κ1) is 13.0. The number of rotatable bonds is 4. The van der Waals surface area contributed by atoms with Crippen LogP contribution in [0.15, 0.2) is 30.3 Å². The Morgan fingerprint density at radius 1 is 1.44 bits per heavy atom. The molecule has 1 saturated heterocycles. The number of hydrogen-bond acceptors (Lipinski definition) is 4. The summed E-state index contributed by atoms with van der Waals surface area (Å²) in [4.78, 5) is 23.3. The molecule has 2 rings (SSSR count). The fourth-order valence-corrected chi connectivity index (χ4v) is 2.80. The van der Waals surface area contributed by atoms with E-state index in [1.54, 1.807) is 0 Å². The van der Waals surface area contributed by atoms with Gasteiger partial charge in [0.05, 0.1) is 0 Å². The maximum atomic E-state index is 12.1. The molecule has 0 aromatic heterocycles. The molecular weight excluding hydrogens is 250 g/mol. The SMILES string of the molecule is CCC1(C(=O)OCc2ccccc2)CSC(=O)N1. The third-order valence-electron chi connectivity index (χ3n) is 3.00. The van der Waals surface area contributed by atoms with Crippen LogP contribution in [0.2, 0.25) is 0 Å². The van der Waals surface area contributed by atoms with Crippen molar-refractivity contribution >= 4 is 23.0 Å². The van der Waals surface area contributed by atoms with Crippen molar-refractivity contribution in [2.45, 2.75) is 25.5 Å². The lowest BCUT2D eigenvalue weighted by Crippen LogP contribution is -2.51. The molecule has 1 amide bonds. The Labute approximate surface area is 110 Å². The molecule has 18 heavy (non-hydrogen) atoms. The Morgan fingerprint density at radius 3 is 2.72 bits per heavy atom. The number of thioether (sulfide) groups is 1. The second-order valence-electron chi connectivity index (χ2n) is 4.20. The lowest BCUT2D eigenvalue weighted by Gasteiger charge is -2.24. The Hall–Kier alpha value is -1.49. The summed E-state index contributed by atoms with van der Waals surface area (Å²) >= 11 is 1.13. The van der Waals surface area contributed by atoms with E-state index < -0.39 is 5.54 Å². The fourth-order valence-electron chi connectivity index (χ4n) is 1.76. The van der Waals surface area contributed by atoms with Crippen LogP contribution < -0.4 is 5.32 Å². The van der Waals surface area contributed by atoms with Crippen molar-refractivity contribution in [1.82, 2.24) is 5.32 Å². The fraction of sp³-hybridized carbons (Fsp3) is 0.385. The van der Waals surface area contributed by atoms with Crippen molar-refractivity contribution in [3.05, 3.63) is 35.9 Å². The van der Waals surface area contributed by atoms with Crippen LogP contribution in [-0.4, -0.2) is 22.5 Å². The summed E-state index contributed by atoms with van der Waals surface area (Å²) in [5.74, 6) is 0.0860. The Balaban J connectivity index is 1.97. The zero-order valence-corrected chi connectivity index (χ0v) is 11.0. The molecule has 1 heterocycles. The van der Waals surface area contributed by atoms with E-state index in [0.29, 0.717) is 12.2 Å². The predicted molar refractivity (Wildman–Crippen MR) is 70.2 cm³/mol. The number of hydrogen-bond donors (Lipinski definition) is 1. The van der Waals surface area contributed by atoms with Crippen LogP contribution in [0.4, 0.5) is 4.79 Å². The van der Waals surface area contributed by atoms with E-state index in [9.17, 15) is 9.59 Å². The van der Waals surface area contributed by atoms with Gasteiger partial charge in [0.15, 0.2) is 0 Å². The summed E-state index contributed by atoms with van der Waals surface area (Å²) in [5, 5.41) is 2.54. The third kappa shape index (κ3) is 2.67. The number of carbonyl (C=O) groups is 2. The molecule has 1 atom stereocenters. The molecule has 0 spiro atoms. The summed E-state index contributed by atoms with van der Waals surface area (Å²) in [6.07, 6.45) is 0.541. The smallest absolute Gasteiger partial charge is 0.333 e. The van der Waals surface area contributed by atoms with Crippen LogP contribution >= 0.6 is 11.8 Å². The van der Waals surface area contributed by atoms with Gasteiger partial charge in [0, 0.05) is 5.75 Å². The summed E-state index contributed by atoms with van der Waals surface area (Å²) < 4.78 is 5.29. The van der Waals surface area contributed by atoms with E-state index >= 15 is 0 Å². The Kier molecular flexibility index (Phi) is 3.91. The van der Waals surface area contributed by atoms with Crippen LogP contribution in [0.25, 0.3) is 0 Å². The number of nitrogens with one attached hydrogen (secondary N) is 1. The number of benzene rings is 1. The molecule has 1 aliphatic heterocycles. The minimum absolute atomic E-state index is 0.159. The standard InChI is InChI=1S/C13H15NO3S/c1-2-13(9-18-12(16)14-13)11(15)17-8-10-6-4-3-5-7-10/h3-7H,2,8-9H2,1H3,(H,14,16). The first-order valence-electron chi connectivity index (χ1n) is 5.82. The topological polar surface area (TPSA) is 55.4 Å². The van der Waals surface area contributed by atoms with Gasteiger partial charge in [0.25, 0.3) is 5.24 Å². The van der Waals surface area contributed by atoms with Crippen LogP contribution in [0.5, 0.6) is 0 Å². The first-order chi connectivity index (χ1) is 8.66. The molecule has 0 aliphatic carbocycles. The summed E-state index contributed by atoms with van der Waals surface area (Å²) in [7, 11) is 0. The molecule has 0 radical (unpaired) electrons. The second-order valence-corrected chi connectivity index (χ2v) is 5.15. The van der Waals surface area contributed by atoms with Crippen molar-refractivity contribution in [3.63, 3.8) is 0 Å². The van der Waals surface area contributed by atoms with Gasteiger partial charge in [-0.2, -0.15) is 0 Å². The van der Waals surface area contributed by atoms with E-state index in [2.05, 4.69) is 5.32 Å². The van der Waals surface area contributed by atoms with Crippen LogP contribution in [0.3, 0.4) is 0 Å². The molecule has 5 heteroatoms. The highest BCUT2D eigenvalue weighted by Crippen LogP contribution is 2.27. The highest BCUT2D eigenvalue weighted by Gasteiger charge is 2.45. The van der Waals surface area contributed by atoms with Gasteiger partial charge < -0.3 is 10.1 Å². The maximum absolute atomic E-state index is 12.1. The first-order valence-corrected chi connectivity index (χ1v) is 6.81. The summed E-state index contributed by atoms with van der Waals surface area (Å²) in [5.41, 5.74) is 0.0883. The minimum atomic E-state index is -0.851. The predicted octanol–water partition coefficient (Wildman–Crippen LogP) is 2.33. The van der Waals surface area contributed by atoms with Gasteiger partial charge in [0.1, 0.15) is 12.1 Å².